The molecule has 128 valence electrons. The largest absolute Gasteiger partial charge is 0.337 e. The van der Waals surface area contributed by atoms with Crippen LogP contribution in [0.1, 0.15) is 26.6 Å². The Bertz CT molecular complexity index is 849. The SMILES string of the molecule is Cc1nc(CSc2ccccc2C(=O)N(C)Cc2cccnc2)cs1. The first-order valence-electron chi connectivity index (χ1n) is 7.90. The molecule has 0 aliphatic heterocycles. The Kier molecular flexibility index (Phi) is 5.83. The van der Waals surface area contributed by atoms with Gasteiger partial charge in [-0.25, -0.2) is 4.98 Å². The Morgan fingerprint density at radius 3 is 2.80 bits per heavy atom. The number of carbonyl (C=O) groups excluding carboxylic acids is 1. The van der Waals surface area contributed by atoms with E-state index in [2.05, 4.69) is 15.3 Å². The average molecular weight is 370 g/mol. The van der Waals surface area contributed by atoms with E-state index in [1.165, 1.54) is 0 Å². The molecule has 2 aromatic heterocycles. The average Bonchev–Trinajstić information content (AvgIpc) is 3.06. The molecule has 0 aliphatic rings. The molecule has 0 radical (unpaired) electrons. The smallest absolute Gasteiger partial charge is 0.255 e. The second-order valence-corrected chi connectivity index (χ2v) is 7.74. The molecule has 0 N–H and O–H groups in total. The molecule has 0 aliphatic carbocycles. The van der Waals surface area contributed by atoms with E-state index < -0.39 is 0 Å². The Hall–Kier alpha value is -2.18. The van der Waals surface area contributed by atoms with Crippen molar-refractivity contribution >= 4 is 29.0 Å². The van der Waals surface area contributed by atoms with E-state index in [0.29, 0.717) is 6.54 Å². The molecule has 4 nitrogen and oxygen atoms in total. The van der Waals surface area contributed by atoms with Crippen LogP contribution in [0.25, 0.3) is 0 Å². The molecule has 25 heavy (non-hydrogen) atoms. The minimum absolute atomic E-state index is 0.0152. The normalized spacial score (nSPS) is 10.6. The van der Waals surface area contributed by atoms with Crippen LogP contribution >= 0.6 is 23.1 Å². The lowest BCUT2D eigenvalue weighted by atomic mass is 10.2. The number of pyridine rings is 1. The highest BCUT2D eigenvalue weighted by Crippen LogP contribution is 2.27. The summed E-state index contributed by atoms with van der Waals surface area (Å²) in [5, 5.41) is 3.14. The second kappa shape index (κ2) is 8.27. The number of nitrogens with zero attached hydrogens (tertiary/aromatic N) is 3. The van der Waals surface area contributed by atoms with Gasteiger partial charge in [0.25, 0.3) is 5.91 Å². The maximum Gasteiger partial charge on any atom is 0.255 e. The van der Waals surface area contributed by atoms with Crippen molar-refractivity contribution in [2.45, 2.75) is 24.1 Å². The first kappa shape index (κ1) is 17.6. The van der Waals surface area contributed by atoms with Crippen molar-refractivity contribution in [1.82, 2.24) is 14.9 Å². The summed E-state index contributed by atoms with van der Waals surface area (Å²) in [5.41, 5.74) is 2.80. The summed E-state index contributed by atoms with van der Waals surface area (Å²) in [5.74, 6) is 0.780. The number of benzene rings is 1. The monoisotopic (exact) mass is 369 g/mol. The van der Waals surface area contributed by atoms with Crippen molar-refractivity contribution in [2.75, 3.05) is 7.05 Å². The highest BCUT2D eigenvalue weighted by Gasteiger charge is 2.16. The number of aromatic nitrogens is 2. The van der Waals surface area contributed by atoms with Gasteiger partial charge in [0.1, 0.15) is 0 Å². The predicted molar refractivity (Wildman–Crippen MR) is 103 cm³/mol. The summed E-state index contributed by atoms with van der Waals surface area (Å²) in [6, 6.07) is 11.6. The van der Waals surface area contributed by atoms with Crippen LogP contribution in [0.15, 0.2) is 59.1 Å². The van der Waals surface area contributed by atoms with Gasteiger partial charge in [0.2, 0.25) is 0 Å². The summed E-state index contributed by atoms with van der Waals surface area (Å²) in [7, 11) is 1.82. The van der Waals surface area contributed by atoms with E-state index in [4.69, 9.17) is 0 Å². The van der Waals surface area contributed by atoms with Crippen LogP contribution in [0.2, 0.25) is 0 Å². The number of hydrogen-bond acceptors (Lipinski definition) is 5. The maximum atomic E-state index is 12.9. The summed E-state index contributed by atoms with van der Waals surface area (Å²) < 4.78 is 0. The molecule has 0 spiro atoms. The molecular weight excluding hydrogens is 350 g/mol. The standard InChI is InChI=1S/C19H19N3OS2/c1-14-21-16(12-24-14)13-25-18-8-4-3-7-17(18)19(23)22(2)11-15-6-5-9-20-10-15/h3-10,12H,11,13H2,1-2H3. The van der Waals surface area contributed by atoms with Crippen molar-refractivity contribution in [3.8, 4) is 0 Å². The molecule has 6 heteroatoms. The maximum absolute atomic E-state index is 12.9. The molecule has 2 heterocycles. The van der Waals surface area contributed by atoms with Crippen molar-refractivity contribution in [2.24, 2.45) is 0 Å². The third kappa shape index (κ3) is 4.67. The minimum Gasteiger partial charge on any atom is -0.337 e. The van der Waals surface area contributed by atoms with E-state index in [-0.39, 0.29) is 5.91 Å². The van der Waals surface area contributed by atoms with Gasteiger partial charge < -0.3 is 4.90 Å². The van der Waals surface area contributed by atoms with Crippen LogP contribution in [-0.4, -0.2) is 27.8 Å². The van der Waals surface area contributed by atoms with E-state index in [1.54, 1.807) is 40.4 Å². The van der Waals surface area contributed by atoms with E-state index in [9.17, 15) is 4.79 Å². The highest BCUT2D eigenvalue weighted by molar-refractivity contribution is 7.98. The number of carbonyl (C=O) groups is 1. The number of rotatable bonds is 6. The molecule has 3 rings (SSSR count). The Morgan fingerprint density at radius 2 is 2.08 bits per heavy atom. The van der Waals surface area contributed by atoms with Gasteiger partial charge in [0.15, 0.2) is 0 Å². The summed E-state index contributed by atoms with van der Waals surface area (Å²) in [6.07, 6.45) is 3.52. The third-order valence-corrected chi connectivity index (χ3v) is 5.58. The van der Waals surface area contributed by atoms with E-state index in [0.717, 1.165) is 32.5 Å². The van der Waals surface area contributed by atoms with Crippen LogP contribution < -0.4 is 0 Å². The lowest BCUT2D eigenvalue weighted by molar-refractivity contribution is 0.0781. The minimum atomic E-state index is 0.0152. The van der Waals surface area contributed by atoms with Crippen LogP contribution in [0.4, 0.5) is 0 Å². The quantitative estimate of drug-likeness (QED) is 0.604. The Labute approximate surface area is 155 Å². The van der Waals surface area contributed by atoms with E-state index in [1.807, 2.05) is 50.4 Å². The Balaban J connectivity index is 1.71. The van der Waals surface area contributed by atoms with Gasteiger partial charge >= 0.3 is 0 Å². The molecular formula is C19H19N3OS2. The lowest BCUT2D eigenvalue weighted by Gasteiger charge is -2.18. The zero-order chi connectivity index (χ0) is 17.6. The third-order valence-electron chi connectivity index (χ3n) is 3.65. The van der Waals surface area contributed by atoms with Crippen molar-refractivity contribution in [3.05, 3.63) is 76.0 Å². The van der Waals surface area contributed by atoms with Gasteiger partial charge in [-0.2, -0.15) is 0 Å². The number of thiazole rings is 1. The van der Waals surface area contributed by atoms with E-state index >= 15 is 0 Å². The lowest BCUT2D eigenvalue weighted by Crippen LogP contribution is -2.26. The molecule has 0 unspecified atom stereocenters. The van der Waals surface area contributed by atoms with Gasteiger partial charge in [-0.1, -0.05) is 18.2 Å². The summed E-state index contributed by atoms with van der Waals surface area (Å²) in [4.78, 5) is 24.2. The van der Waals surface area contributed by atoms with Crippen molar-refractivity contribution in [1.29, 1.82) is 0 Å². The fourth-order valence-corrected chi connectivity index (χ4v) is 4.09. The number of thioether (sulfide) groups is 1. The van der Waals surface area contributed by atoms with Crippen molar-refractivity contribution in [3.63, 3.8) is 0 Å². The molecule has 0 saturated carbocycles. The number of aryl methyl sites for hydroxylation is 1. The summed E-state index contributed by atoms with van der Waals surface area (Å²) >= 11 is 3.30. The molecule has 0 bridgehead atoms. The number of hydrogen-bond donors (Lipinski definition) is 0. The summed E-state index contributed by atoms with van der Waals surface area (Å²) in [6.45, 7) is 2.54. The zero-order valence-electron chi connectivity index (χ0n) is 14.2. The fraction of sp³-hybridized carbons (Fsp3) is 0.211. The van der Waals surface area contributed by atoms with Crippen LogP contribution in [-0.2, 0) is 12.3 Å². The Morgan fingerprint density at radius 1 is 1.24 bits per heavy atom. The predicted octanol–water partition coefficient (Wildman–Crippen LogP) is 4.41. The topological polar surface area (TPSA) is 46.1 Å². The zero-order valence-corrected chi connectivity index (χ0v) is 15.8. The van der Waals surface area contributed by atoms with Gasteiger partial charge in [0, 0.05) is 42.0 Å². The van der Waals surface area contributed by atoms with Gasteiger partial charge in [-0.15, -0.1) is 23.1 Å². The first-order chi connectivity index (χ1) is 12.1. The molecule has 0 atom stereocenters. The molecule has 3 aromatic rings. The number of amides is 1. The van der Waals surface area contributed by atoms with Crippen LogP contribution in [0, 0.1) is 6.92 Å². The van der Waals surface area contributed by atoms with Gasteiger partial charge in [0.05, 0.1) is 16.3 Å². The van der Waals surface area contributed by atoms with Crippen LogP contribution in [0.3, 0.4) is 0 Å². The molecule has 1 aromatic carbocycles. The van der Waals surface area contributed by atoms with Crippen LogP contribution in [0.5, 0.6) is 0 Å². The first-order valence-corrected chi connectivity index (χ1v) is 9.77. The molecule has 0 fully saturated rings. The highest BCUT2D eigenvalue weighted by atomic mass is 32.2. The molecule has 1 amide bonds. The fourth-order valence-electron chi connectivity index (χ4n) is 2.44. The van der Waals surface area contributed by atoms with Gasteiger partial charge in [-0.3, -0.25) is 9.78 Å². The molecule has 0 saturated heterocycles. The van der Waals surface area contributed by atoms with Gasteiger partial charge in [-0.05, 0) is 30.7 Å². The second-order valence-electron chi connectivity index (χ2n) is 5.67. The van der Waals surface area contributed by atoms with Crippen molar-refractivity contribution < 1.29 is 4.79 Å².